The number of fused-ring (bicyclic) bond motifs is 1. The Morgan fingerprint density at radius 2 is 2.44 bits per heavy atom. The number of hydrogen-bond donors (Lipinski definition) is 0. The van der Waals surface area contributed by atoms with Gasteiger partial charge < -0.3 is 9.47 Å². The largest absolute Gasteiger partial charge is 0.349 e. The van der Waals surface area contributed by atoms with Crippen LogP contribution in [0.1, 0.15) is 26.2 Å². The van der Waals surface area contributed by atoms with E-state index < -0.39 is 0 Å². The van der Waals surface area contributed by atoms with Crippen LogP contribution in [0.4, 0.5) is 0 Å². The van der Waals surface area contributed by atoms with Gasteiger partial charge in [0.15, 0.2) is 12.1 Å². The Kier molecular flexibility index (Phi) is 3.56. The van der Waals surface area contributed by atoms with Crippen LogP contribution in [0.3, 0.4) is 0 Å². The predicted octanol–water partition coefficient (Wildman–Crippen LogP) is 2.23. The molecule has 2 aliphatic rings. The molecule has 2 atom stereocenters. The maximum atomic E-state index is 11.6. The average Bonchev–Trinajstić information content (AvgIpc) is 2.56. The normalized spacial score (nSPS) is 29.4. The average molecular weight is 222 g/mol. The fourth-order valence-corrected chi connectivity index (χ4v) is 2.38. The summed E-state index contributed by atoms with van der Waals surface area (Å²) in [6.45, 7) is 6.83. The molecule has 0 aromatic carbocycles. The Morgan fingerprint density at radius 3 is 3.19 bits per heavy atom. The highest BCUT2D eigenvalue weighted by Crippen LogP contribution is 2.38. The standard InChI is InChI=1S/C13H18O3/c1-3-4-6-15-13-12-9(2)11(14)8-10(12)5-7-16-13/h3,10,13H,1,4-8H2,2H3/t10-,13+/m0/s1. The molecular formula is C13H18O3. The van der Waals surface area contributed by atoms with Crippen molar-refractivity contribution in [2.75, 3.05) is 13.2 Å². The molecule has 1 aliphatic carbocycles. The summed E-state index contributed by atoms with van der Waals surface area (Å²) in [5, 5.41) is 0. The van der Waals surface area contributed by atoms with Gasteiger partial charge in [-0.05, 0) is 36.8 Å². The van der Waals surface area contributed by atoms with Gasteiger partial charge in [-0.3, -0.25) is 4.79 Å². The summed E-state index contributed by atoms with van der Waals surface area (Å²) in [5.41, 5.74) is 1.94. The van der Waals surface area contributed by atoms with Crippen LogP contribution in [-0.4, -0.2) is 25.3 Å². The molecule has 0 saturated carbocycles. The third-order valence-corrected chi connectivity index (χ3v) is 3.30. The van der Waals surface area contributed by atoms with Crippen LogP contribution in [0.25, 0.3) is 0 Å². The molecular weight excluding hydrogens is 204 g/mol. The fourth-order valence-electron chi connectivity index (χ4n) is 2.38. The highest BCUT2D eigenvalue weighted by molar-refractivity contribution is 5.98. The summed E-state index contributed by atoms with van der Waals surface area (Å²) in [6.07, 6.45) is 3.92. The molecule has 1 saturated heterocycles. The maximum Gasteiger partial charge on any atom is 0.180 e. The van der Waals surface area contributed by atoms with Crippen LogP contribution in [0, 0.1) is 5.92 Å². The van der Waals surface area contributed by atoms with Gasteiger partial charge >= 0.3 is 0 Å². The maximum absolute atomic E-state index is 11.6. The summed E-state index contributed by atoms with van der Waals surface area (Å²) in [5.74, 6) is 0.609. The molecule has 3 nitrogen and oxygen atoms in total. The zero-order valence-corrected chi connectivity index (χ0v) is 9.70. The van der Waals surface area contributed by atoms with Crippen molar-refractivity contribution in [3.8, 4) is 0 Å². The minimum atomic E-state index is -0.301. The molecule has 1 heterocycles. The SMILES string of the molecule is C=CCCO[C@@H]1OCC[C@H]2CC(=O)C(C)=C21. The molecule has 0 aromatic heterocycles. The summed E-state index contributed by atoms with van der Waals surface area (Å²) in [4.78, 5) is 11.6. The molecule has 0 unspecified atom stereocenters. The number of ether oxygens (including phenoxy) is 2. The molecule has 0 aromatic rings. The molecule has 0 spiro atoms. The summed E-state index contributed by atoms with van der Waals surface area (Å²) in [6, 6.07) is 0. The first-order valence-electron chi connectivity index (χ1n) is 5.82. The van der Waals surface area contributed by atoms with Crippen LogP contribution < -0.4 is 0 Å². The van der Waals surface area contributed by atoms with Crippen molar-refractivity contribution in [1.29, 1.82) is 0 Å². The van der Waals surface area contributed by atoms with E-state index in [-0.39, 0.29) is 12.1 Å². The first-order chi connectivity index (χ1) is 7.74. The molecule has 16 heavy (non-hydrogen) atoms. The predicted molar refractivity (Wildman–Crippen MR) is 60.9 cm³/mol. The Labute approximate surface area is 96.1 Å². The second-order valence-corrected chi connectivity index (χ2v) is 4.34. The van der Waals surface area contributed by atoms with E-state index in [2.05, 4.69) is 6.58 Å². The van der Waals surface area contributed by atoms with Gasteiger partial charge in [0.1, 0.15) is 0 Å². The van der Waals surface area contributed by atoms with Gasteiger partial charge in [-0.15, -0.1) is 6.58 Å². The number of carbonyl (C=O) groups excluding carboxylic acids is 1. The second-order valence-electron chi connectivity index (χ2n) is 4.34. The van der Waals surface area contributed by atoms with Gasteiger partial charge in [0, 0.05) is 6.42 Å². The van der Waals surface area contributed by atoms with Gasteiger partial charge in [-0.1, -0.05) is 6.08 Å². The summed E-state index contributed by atoms with van der Waals surface area (Å²) < 4.78 is 11.2. The van der Waals surface area contributed by atoms with Gasteiger partial charge in [0.25, 0.3) is 0 Å². The van der Waals surface area contributed by atoms with Gasteiger partial charge in [0.05, 0.1) is 13.2 Å². The fraction of sp³-hybridized carbons (Fsp3) is 0.615. The Balaban J connectivity index is 2.06. The minimum Gasteiger partial charge on any atom is -0.349 e. The van der Waals surface area contributed by atoms with Crippen molar-refractivity contribution in [2.24, 2.45) is 5.92 Å². The van der Waals surface area contributed by atoms with Crippen molar-refractivity contribution in [3.63, 3.8) is 0 Å². The minimum absolute atomic E-state index is 0.253. The summed E-state index contributed by atoms with van der Waals surface area (Å²) >= 11 is 0. The van der Waals surface area contributed by atoms with E-state index in [1.165, 1.54) is 0 Å². The third kappa shape index (κ3) is 2.11. The molecule has 2 rings (SSSR count). The third-order valence-electron chi connectivity index (χ3n) is 3.30. The molecule has 3 heteroatoms. The molecule has 0 radical (unpaired) electrons. The van der Waals surface area contributed by atoms with Gasteiger partial charge in [0.2, 0.25) is 0 Å². The number of allylic oxidation sites excluding steroid dienone is 1. The number of hydrogen-bond acceptors (Lipinski definition) is 3. The molecule has 1 fully saturated rings. The van der Waals surface area contributed by atoms with E-state index in [0.717, 1.165) is 24.0 Å². The highest BCUT2D eigenvalue weighted by atomic mass is 16.7. The van der Waals surface area contributed by atoms with Crippen LogP contribution in [0.15, 0.2) is 23.8 Å². The highest BCUT2D eigenvalue weighted by Gasteiger charge is 2.37. The lowest BCUT2D eigenvalue weighted by atomic mass is 9.95. The van der Waals surface area contributed by atoms with Crippen LogP contribution >= 0.6 is 0 Å². The van der Waals surface area contributed by atoms with Crippen molar-refractivity contribution < 1.29 is 14.3 Å². The van der Waals surface area contributed by atoms with Crippen molar-refractivity contribution in [2.45, 2.75) is 32.5 Å². The Hall–Kier alpha value is -0.930. The monoisotopic (exact) mass is 222 g/mol. The molecule has 1 aliphatic heterocycles. The lowest BCUT2D eigenvalue weighted by Crippen LogP contribution is -2.30. The zero-order valence-electron chi connectivity index (χ0n) is 9.70. The first-order valence-corrected chi connectivity index (χ1v) is 5.82. The van der Waals surface area contributed by atoms with E-state index in [1.807, 2.05) is 13.0 Å². The van der Waals surface area contributed by atoms with Crippen LogP contribution in [0.5, 0.6) is 0 Å². The van der Waals surface area contributed by atoms with E-state index in [9.17, 15) is 4.79 Å². The Bertz CT molecular complexity index is 330. The smallest absolute Gasteiger partial charge is 0.180 e. The second kappa shape index (κ2) is 4.93. The van der Waals surface area contributed by atoms with Crippen LogP contribution in [-0.2, 0) is 14.3 Å². The lowest BCUT2D eigenvalue weighted by molar-refractivity contribution is -0.138. The molecule has 0 bridgehead atoms. The molecule has 0 N–H and O–H groups in total. The zero-order chi connectivity index (χ0) is 11.5. The van der Waals surface area contributed by atoms with Crippen molar-refractivity contribution >= 4 is 5.78 Å². The molecule has 0 amide bonds. The Morgan fingerprint density at radius 1 is 1.62 bits per heavy atom. The quantitative estimate of drug-likeness (QED) is 0.540. The van der Waals surface area contributed by atoms with E-state index in [4.69, 9.17) is 9.47 Å². The number of ketones is 1. The summed E-state index contributed by atoms with van der Waals surface area (Å²) in [7, 11) is 0. The number of rotatable bonds is 4. The number of Topliss-reactive ketones (excluding diaryl/α,β-unsaturated/α-hetero) is 1. The molecule has 88 valence electrons. The van der Waals surface area contributed by atoms with E-state index >= 15 is 0 Å². The first kappa shape index (κ1) is 11.6. The lowest BCUT2D eigenvalue weighted by Gasteiger charge is -2.29. The van der Waals surface area contributed by atoms with Gasteiger partial charge in [-0.2, -0.15) is 0 Å². The van der Waals surface area contributed by atoms with Gasteiger partial charge in [-0.25, -0.2) is 0 Å². The van der Waals surface area contributed by atoms with E-state index in [0.29, 0.717) is 25.6 Å². The number of carbonyl (C=O) groups is 1. The van der Waals surface area contributed by atoms with Crippen molar-refractivity contribution in [3.05, 3.63) is 23.8 Å². The van der Waals surface area contributed by atoms with Crippen molar-refractivity contribution in [1.82, 2.24) is 0 Å². The van der Waals surface area contributed by atoms with Crippen LogP contribution in [0.2, 0.25) is 0 Å². The van der Waals surface area contributed by atoms with E-state index in [1.54, 1.807) is 0 Å². The topological polar surface area (TPSA) is 35.5 Å².